The number of aryl methyl sites for hydroxylation is 1. The Kier molecular flexibility index (Phi) is 4.07. The average Bonchev–Trinajstić information content (AvgIpc) is 2.86. The van der Waals surface area contributed by atoms with Gasteiger partial charge in [-0.1, -0.05) is 24.3 Å². The molecule has 1 N–H and O–H groups in total. The van der Waals surface area contributed by atoms with Crippen molar-refractivity contribution in [2.24, 2.45) is 0 Å². The molecule has 3 nitrogen and oxygen atoms in total. The number of benzene rings is 2. The number of para-hydroxylation sites is 1. The van der Waals surface area contributed by atoms with Crippen molar-refractivity contribution in [1.82, 2.24) is 0 Å². The van der Waals surface area contributed by atoms with E-state index in [0.717, 1.165) is 12.1 Å². The fourth-order valence-corrected chi connectivity index (χ4v) is 3.10. The van der Waals surface area contributed by atoms with E-state index in [1.54, 1.807) is 19.1 Å². The first-order valence-electron chi connectivity index (χ1n) is 7.91. The van der Waals surface area contributed by atoms with Gasteiger partial charge in [-0.3, -0.25) is 4.79 Å². The van der Waals surface area contributed by atoms with E-state index in [4.69, 9.17) is 0 Å². The van der Waals surface area contributed by atoms with Gasteiger partial charge in [0.2, 0.25) is 5.91 Å². The first-order chi connectivity index (χ1) is 11.0. The van der Waals surface area contributed by atoms with Crippen molar-refractivity contribution in [2.45, 2.75) is 39.3 Å². The molecule has 1 aliphatic rings. The van der Waals surface area contributed by atoms with Crippen LogP contribution in [-0.4, -0.2) is 18.0 Å². The van der Waals surface area contributed by atoms with Crippen LogP contribution in [0.4, 0.5) is 15.8 Å². The van der Waals surface area contributed by atoms with Crippen LogP contribution in [0.25, 0.3) is 0 Å². The number of hydrogen-bond donors (Lipinski definition) is 1. The molecule has 1 heterocycles. The molecule has 2 aromatic carbocycles. The monoisotopic (exact) mass is 312 g/mol. The van der Waals surface area contributed by atoms with Gasteiger partial charge >= 0.3 is 0 Å². The summed E-state index contributed by atoms with van der Waals surface area (Å²) in [6.07, 6.45) is 0.869. The van der Waals surface area contributed by atoms with Crippen LogP contribution in [0, 0.1) is 12.7 Å². The lowest BCUT2D eigenvalue weighted by atomic mass is 10.1. The number of carbonyl (C=O) groups excluding carboxylic acids is 1. The predicted octanol–water partition coefficient (Wildman–Crippen LogP) is 3.91. The smallest absolute Gasteiger partial charge is 0.249 e. The van der Waals surface area contributed by atoms with Crippen LogP contribution < -0.4 is 10.2 Å². The van der Waals surface area contributed by atoms with Crippen molar-refractivity contribution >= 4 is 17.3 Å². The van der Waals surface area contributed by atoms with Gasteiger partial charge in [0.1, 0.15) is 11.9 Å². The third-order valence-electron chi connectivity index (χ3n) is 4.37. The molecule has 2 unspecified atom stereocenters. The van der Waals surface area contributed by atoms with E-state index in [2.05, 4.69) is 18.3 Å². The third kappa shape index (κ3) is 2.93. The van der Waals surface area contributed by atoms with Gasteiger partial charge in [-0.05, 0) is 56.5 Å². The summed E-state index contributed by atoms with van der Waals surface area (Å²) in [6.45, 7) is 5.58. The maximum atomic E-state index is 13.7. The van der Waals surface area contributed by atoms with Crippen LogP contribution in [0.2, 0.25) is 0 Å². The molecule has 23 heavy (non-hydrogen) atoms. The van der Waals surface area contributed by atoms with E-state index in [9.17, 15) is 9.18 Å². The Morgan fingerprint density at radius 1 is 1.30 bits per heavy atom. The number of nitrogens with one attached hydrogen (secondary N) is 1. The number of nitrogens with zero attached hydrogens (tertiary/aromatic N) is 1. The summed E-state index contributed by atoms with van der Waals surface area (Å²) in [7, 11) is 0. The highest BCUT2D eigenvalue weighted by molar-refractivity contribution is 6.00. The van der Waals surface area contributed by atoms with Crippen molar-refractivity contribution in [3.05, 3.63) is 59.4 Å². The quantitative estimate of drug-likeness (QED) is 0.932. The summed E-state index contributed by atoms with van der Waals surface area (Å²) >= 11 is 0. The lowest BCUT2D eigenvalue weighted by molar-refractivity contribution is -0.119. The summed E-state index contributed by atoms with van der Waals surface area (Å²) in [5.41, 5.74) is 3.39. The van der Waals surface area contributed by atoms with E-state index in [-0.39, 0.29) is 17.8 Å². The molecule has 0 fully saturated rings. The minimum Gasteiger partial charge on any atom is -0.374 e. The topological polar surface area (TPSA) is 32.3 Å². The average molecular weight is 312 g/mol. The number of fused-ring (bicyclic) bond motifs is 1. The van der Waals surface area contributed by atoms with Crippen LogP contribution >= 0.6 is 0 Å². The summed E-state index contributed by atoms with van der Waals surface area (Å²) in [5.74, 6) is -0.266. The van der Waals surface area contributed by atoms with Crippen LogP contribution in [0.5, 0.6) is 0 Å². The molecule has 0 saturated heterocycles. The first-order valence-corrected chi connectivity index (χ1v) is 7.91. The van der Waals surface area contributed by atoms with Gasteiger partial charge in [0.25, 0.3) is 0 Å². The van der Waals surface area contributed by atoms with Gasteiger partial charge in [-0.2, -0.15) is 0 Å². The molecule has 4 heteroatoms. The number of hydrogen-bond acceptors (Lipinski definition) is 2. The number of carbonyl (C=O) groups is 1. The first kappa shape index (κ1) is 15.5. The number of halogens is 1. The normalized spacial score (nSPS) is 17.7. The second-order valence-electron chi connectivity index (χ2n) is 6.22. The zero-order valence-corrected chi connectivity index (χ0v) is 13.6. The highest BCUT2D eigenvalue weighted by Gasteiger charge is 2.32. The minimum atomic E-state index is -0.425. The predicted molar refractivity (Wildman–Crippen MR) is 91.3 cm³/mol. The maximum absolute atomic E-state index is 13.7. The van der Waals surface area contributed by atoms with Crippen LogP contribution in [-0.2, 0) is 11.2 Å². The van der Waals surface area contributed by atoms with Gasteiger partial charge in [-0.15, -0.1) is 0 Å². The molecule has 1 amide bonds. The Morgan fingerprint density at radius 2 is 2.04 bits per heavy atom. The van der Waals surface area contributed by atoms with E-state index in [1.807, 2.05) is 30.0 Å². The molecule has 120 valence electrons. The van der Waals surface area contributed by atoms with E-state index < -0.39 is 6.04 Å². The van der Waals surface area contributed by atoms with Crippen LogP contribution in [0.1, 0.15) is 25.0 Å². The molecular weight excluding hydrogens is 291 g/mol. The molecule has 0 aromatic heterocycles. The van der Waals surface area contributed by atoms with Crippen LogP contribution in [0.3, 0.4) is 0 Å². The molecule has 1 aliphatic heterocycles. The summed E-state index contributed by atoms with van der Waals surface area (Å²) in [4.78, 5) is 14.7. The zero-order valence-electron chi connectivity index (χ0n) is 13.6. The largest absolute Gasteiger partial charge is 0.374 e. The van der Waals surface area contributed by atoms with Crippen molar-refractivity contribution in [1.29, 1.82) is 0 Å². The summed E-state index contributed by atoms with van der Waals surface area (Å²) < 4.78 is 13.7. The van der Waals surface area contributed by atoms with Crippen molar-refractivity contribution < 1.29 is 9.18 Å². The van der Waals surface area contributed by atoms with Crippen molar-refractivity contribution in [2.75, 3.05) is 10.2 Å². The molecule has 0 radical (unpaired) electrons. The fourth-order valence-electron chi connectivity index (χ4n) is 3.10. The van der Waals surface area contributed by atoms with Gasteiger partial charge < -0.3 is 10.2 Å². The Labute approximate surface area is 136 Å². The van der Waals surface area contributed by atoms with E-state index in [0.29, 0.717) is 11.3 Å². The van der Waals surface area contributed by atoms with E-state index in [1.165, 1.54) is 11.6 Å². The molecule has 0 aliphatic carbocycles. The van der Waals surface area contributed by atoms with Crippen molar-refractivity contribution in [3.63, 3.8) is 0 Å². The molecule has 2 atom stereocenters. The second kappa shape index (κ2) is 6.03. The molecule has 0 spiro atoms. The maximum Gasteiger partial charge on any atom is 0.249 e. The van der Waals surface area contributed by atoms with Gasteiger partial charge in [0, 0.05) is 17.4 Å². The van der Waals surface area contributed by atoms with Gasteiger partial charge in [-0.25, -0.2) is 4.39 Å². The van der Waals surface area contributed by atoms with Crippen LogP contribution in [0.15, 0.2) is 42.5 Å². The standard InChI is InChI=1S/C19H21FN2O/c1-12-8-9-16(11-17(12)20)21-14(3)19(23)22-13(2)10-15-6-4-5-7-18(15)22/h4-9,11,13-14,21H,10H2,1-3H3. The molecule has 0 saturated carbocycles. The highest BCUT2D eigenvalue weighted by atomic mass is 19.1. The van der Waals surface area contributed by atoms with E-state index >= 15 is 0 Å². The second-order valence-corrected chi connectivity index (χ2v) is 6.22. The minimum absolute atomic E-state index is 0.00318. The third-order valence-corrected chi connectivity index (χ3v) is 4.37. The molecular formula is C19H21FN2O. The number of anilines is 2. The molecule has 2 aromatic rings. The highest BCUT2D eigenvalue weighted by Crippen LogP contribution is 2.32. The molecule has 3 rings (SSSR count). The Bertz CT molecular complexity index is 744. The fraction of sp³-hybridized carbons (Fsp3) is 0.316. The summed E-state index contributed by atoms with van der Waals surface area (Å²) in [5, 5.41) is 3.11. The lowest BCUT2D eigenvalue weighted by Gasteiger charge is -2.27. The lowest BCUT2D eigenvalue weighted by Crippen LogP contribution is -2.44. The Hall–Kier alpha value is -2.36. The molecule has 0 bridgehead atoms. The Morgan fingerprint density at radius 3 is 2.78 bits per heavy atom. The zero-order chi connectivity index (χ0) is 16.6. The Balaban J connectivity index is 1.78. The van der Waals surface area contributed by atoms with Crippen molar-refractivity contribution in [3.8, 4) is 0 Å². The number of amides is 1. The van der Waals surface area contributed by atoms with Gasteiger partial charge in [0.15, 0.2) is 0 Å². The SMILES string of the molecule is Cc1ccc(NC(C)C(=O)N2c3ccccc3CC2C)cc1F. The van der Waals surface area contributed by atoms with Gasteiger partial charge in [0.05, 0.1) is 0 Å². The number of rotatable bonds is 3. The summed E-state index contributed by atoms with van der Waals surface area (Å²) in [6, 6.07) is 12.6.